The van der Waals surface area contributed by atoms with Gasteiger partial charge in [-0.2, -0.15) is 0 Å². The van der Waals surface area contributed by atoms with Crippen molar-refractivity contribution < 1.29 is 17.9 Å². The van der Waals surface area contributed by atoms with Gasteiger partial charge >= 0.3 is 166 Å². The fourth-order valence-corrected chi connectivity index (χ4v) is 26.8. The first-order valence-corrected chi connectivity index (χ1v) is 18.7. The van der Waals surface area contributed by atoms with Crippen molar-refractivity contribution in [3.05, 3.63) is 48.6 Å². The van der Waals surface area contributed by atoms with E-state index in [1.807, 2.05) is 0 Å². The SMILES string of the molecule is CC1CC(C)[C]2([Zr]([Cl])([Cl])[C]34C=CC=CC3C(C)CC4C)C=CC=CC12. The molecule has 0 spiro atoms. The van der Waals surface area contributed by atoms with Crippen LogP contribution < -0.4 is 0 Å². The van der Waals surface area contributed by atoms with Gasteiger partial charge in [0.05, 0.1) is 0 Å². The van der Waals surface area contributed by atoms with E-state index in [-0.39, 0.29) is 6.25 Å². The van der Waals surface area contributed by atoms with E-state index in [2.05, 4.69) is 76.3 Å². The monoisotopic (exact) mass is 454 g/mol. The van der Waals surface area contributed by atoms with Gasteiger partial charge in [0.15, 0.2) is 0 Å². The molecule has 0 saturated heterocycles. The van der Waals surface area contributed by atoms with Crippen molar-refractivity contribution in [1.82, 2.24) is 0 Å². The second-order valence-electron chi connectivity index (χ2n) is 9.21. The number of allylic oxidation sites excluding steroid dienone is 8. The van der Waals surface area contributed by atoms with Crippen molar-refractivity contribution in [2.45, 2.75) is 46.8 Å². The molecule has 8 unspecified atom stereocenters. The summed E-state index contributed by atoms with van der Waals surface area (Å²) in [6, 6.07) is 0. The van der Waals surface area contributed by atoms with Crippen LogP contribution in [0.2, 0.25) is 6.25 Å². The van der Waals surface area contributed by atoms with E-state index < -0.39 is 17.9 Å². The van der Waals surface area contributed by atoms with Crippen LogP contribution in [-0.2, 0) is 17.9 Å². The zero-order valence-corrected chi connectivity index (χ0v) is 19.7. The molecule has 3 heteroatoms. The Morgan fingerprint density at radius 1 is 0.720 bits per heavy atom. The van der Waals surface area contributed by atoms with Gasteiger partial charge < -0.3 is 0 Å². The van der Waals surface area contributed by atoms with E-state index in [0.29, 0.717) is 35.5 Å². The molecule has 2 fully saturated rings. The molecule has 4 aliphatic carbocycles. The zero-order chi connectivity index (χ0) is 18.0. The second kappa shape index (κ2) is 6.22. The molecule has 0 nitrogen and oxygen atoms in total. The van der Waals surface area contributed by atoms with E-state index >= 15 is 0 Å². The fraction of sp³-hybridized carbons (Fsp3) is 0.636. The topological polar surface area (TPSA) is 0 Å². The molecule has 4 rings (SSSR count). The summed E-state index contributed by atoms with van der Waals surface area (Å²) in [5.74, 6) is 3.48. The molecule has 0 amide bonds. The third-order valence-corrected chi connectivity index (χ3v) is 26.1. The molecule has 8 atom stereocenters. The van der Waals surface area contributed by atoms with Crippen molar-refractivity contribution in [1.29, 1.82) is 0 Å². The molecule has 0 aliphatic heterocycles. The Morgan fingerprint density at radius 3 is 1.52 bits per heavy atom. The Labute approximate surface area is 164 Å². The molecular formula is C22H30Cl2Zr. The van der Waals surface area contributed by atoms with Gasteiger partial charge in [-0.3, -0.25) is 0 Å². The van der Waals surface area contributed by atoms with Crippen LogP contribution in [0.5, 0.6) is 0 Å². The Balaban J connectivity index is 1.91. The van der Waals surface area contributed by atoms with Gasteiger partial charge in [0.1, 0.15) is 0 Å². The van der Waals surface area contributed by atoms with Gasteiger partial charge in [-0.05, 0) is 0 Å². The van der Waals surface area contributed by atoms with Crippen molar-refractivity contribution >= 4 is 17.0 Å². The quantitative estimate of drug-likeness (QED) is 0.401. The van der Waals surface area contributed by atoms with Gasteiger partial charge in [0.2, 0.25) is 0 Å². The van der Waals surface area contributed by atoms with E-state index in [4.69, 9.17) is 17.0 Å². The summed E-state index contributed by atoms with van der Waals surface area (Å²) < 4.78 is 0.0239. The fourth-order valence-electron chi connectivity index (χ4n) is 7.06. The van der Waals surface area contributed by atoms with E-state index in [0.717, 1.165) is 0 Å². The third kappa shape index (κ3) is 2.22. The molecule has 0 radical (unpaired) electrons. The summed E-state index contributed by atoms with van der Waals surface area (Å²) >= 11 is -3.73. The van der Waals surface area contributed by atoms with Crippen LogP contribution in [0.15, 0.2) is 48.6 Å². The Hall–Kier alpha value is 0.423. The Kier molecular flexibility index (Phi) is 4.67. The number of hydrogen-bond acceptors (Lipinski definition) is 0. The molecule has 0 aromatic rings. The Morgan fingerprint density at radius 2 is 1.12 bits per heavy atom. The summed E-state index contributed by atoms with van der Waals surface area (Å²) in [5, 5.41) is 0. The third-order valence-electron chi connectivity index (χ3n) is 8.10. The first kappa shape index (κ1) is 18.8. The molecule has 4 aliphatic rings. The molecule has 0 N–H and O–H groups in total. The average Bonchev–Trinajstić information content (AvgIpc) is 3.01. The van der Waals surface area contributed by atoms with E-state index in [9.17, 15) is 0 Å². The van der Waals surface area contributed by atoms with Crippen molar-refractivity contribution in [2.24, 2.45) is 35.5 Å². The molecular weight excluding hydrogens is 426 g/mol. The predicted molar refractivity (Wildman–Crippen MR) is 107 cm³/mol. The Bertz CT molecular complexity index is 620. The molecule has 136 valence electrons. The number of halogens is 2. The summed E-state index contributed by atoms with van der Waals surface area (Å²) in [6.45, 7) is 9.62. The maximum atomic E-state index is 7.80. The van der Waals surface area contributed by atoms with Crippen LogP contribution in [0.25, 0.3) is 0 Å². The summed E-state index contributed by atoms with van der Waals surface area (Å²) in [5.41, 5.74) is 0. The van der Waals surface area contributed by atoms with Gasteiger partial charge in [-0.25, -0.2) is 0 Å². The van der Waals surface area contributed by atoms with Gasteiger partial charge in [-0.1, -0.05) is 0 Å². The van der Waals surface area contributed by atoms with E-state index in [1.54, 1.807) is 0 Å². The normalized spacial score (nSPS) is 51.0. The van der Waals surface area contributed by atoms with Gasteiger partial charge in [-0.15, -0.1) is 0 Å². The maximum absolute atomic E-state index is 7.80. The molecule has 25 heavy (non-hydrogen) atoms. The van der Waals surface area contributed by atoms with Crippen molar-refractivity contribution in [3.8, 4) is 0 Å². The van der Waals surface area contributed by atoms with Crippen LogP contribution >= 0.6 is 17.0 Å². The summed E-state index contributed by atoms with van der Waals surface area (Å²) in [4.78, 5) is 0. The number of hydrogen-bond donors (Lipinski definition) is 0. The molecule has 0 bridgehead atoms. The molecule has 0 aromatic carbocycles. The van der Waals surface area contributed by atoms with Crippen LogP contribution in [0, 0.1) is 35.5 Å². The first-order valence-electron chi connectivity index (χ1n) is 9.89. The molecule has 2 saturated carbocycles. The van der Waals surface area contributed by atoms with E-state index in [1.165, 1.54) is 12.8 Å². The van der Waals surface area contributed by atoms with Crippen molar-refractivity contribution in [2.75, 3.05) is 0 Å². The minimum atomic E-state index is -3.73. The molecule has 0 aromatic heterocycles. The average molecular weight is 457 g/mol. The minimum absolute atomic E-state index is 0.0120. The number of fused-ring (bicyclic) bond motifs is 2. The standard InChI is InChI=1S/2C11H15.2ClH.Zr/c2*1-8-7-9(2)11-6-4-3-5-10(8)11;;;/h2*3-6,8-10H,7H2,1-2H3;2*1H;/q;;;;+2/p-2. The van der Waals surface area contributed by atoms with Crippen LogP contribution in [-0.4, -0.2) is 0 Å². The summed E-state index contributed by atoms with van der Waals surface area (Å²) in [7, 11) is 15.6. The number of rotatable bonds is 2. The zero-order valence-electron chi connectivity index (χ0n) is 15.8. The molecule has 0 heterocycles. The van der Waals surface area contributed by atoms with Crippen LogP contribution in [0.4, 0.5) is 0 Å². The summed E-state index contributed by atoms with van der Waals surface area (Å²) in [6.07, 6.45) is 21.1. The predicted octanol–water partition coefficient (Wildman–Crippen LogP) is 7.60. The second-order valence-corrected chi connectivity index (χ2v) is 24.1. The van der Waals surface area contributed by atoms with Gasteiger partial charge in [0.25, 0.3) is 0 Å². The first-order chi connectivity index (χ1) is 11.8. The van der Waals surface area contributed by atoms with Crippen molar-refractivity contribution in [3.63, 3.8) is 0 Å². The van der Waals surface area contributed by atoms with Crippen LogP contribution in [0.1, 0.15) is 40.5 Å². The van der Waals surface area contributed by atoms with Crippen LogP contribution in [0.3, 0.4) is 0 Å². The van der Waals surface area contributed by atoms with Gasteiger partial charge in [0, 0.05) is 0 Å².